The molecular formula is C20H25ClF2N2O. The fourth-order valence-electron chi connectivity index (χ4n) is 3.42. The van der Waals surface area contributed by atoms with Crippen LogP contribution in [0, 0.1) is 6.92 Å². The molecule has 2 aromatic rings. The molecule has 6 heteroatoms. The standard InChI is InChI=1S/C20H24F2N2O.ClH/c1-14-9-10-18(25-20(21)22)16(12-14)13-24-17-8-5-11-23-19(17)15-6-3-2-4-7-15;/h2-4,6-7,9-10,12,17,19-20,23-24H,5,8,11,13H2,1H3;1H/t17-,19-;/m0./s1. The number of alkyl halides is 2. The van der Waals surface area contributed by atoms with Crippen LogP contribution < -0.4 is 15.4 Å². The van der Waals surface area contributed by atoms with E-state index in [9.17, 15) is 8.78 Å². The lowest BCUT2D eigenvalue weighted by Crippen LogP contribution is -2.45. The van der Waals surface area contributed by atoms with Gasteiger partial charge >= 0.3 is 6.61 Å². The maximum Gasteiger partial charge on any atom is 0.387 e. The molecule has 0 saturated carbocycles. The molecule has 0 unspecified atom stereocenters. The molecule has 1 fully saturated rings. The lowest BCUT2D eigenvalue weighted by Gasteiger charge is -2.34. The zero-order valence-corrected chi connectivity index (χ0v) is 15.6. The maximum atomic E-state index is 12.6. The Hall–Kier alpha value is -1.69. The van der Waals surface area contributed by atoms with Crippen LogP contribution in [-0.4, -0.2) is 19.2 Å². The van der Waals surface area contributed by atoms with Gasteiger partial charge in [0.05, 0.1) is 0 Å². The number of nitrogens with one attached hydrogen (secondary N) is 2. The number of rotatable bonds is 6. The third-order valence-electron chi connectivity index (χ3n) is 4.60. The van der Waals surface area contributed by atoms with Gasteiger partial charge in [-0.1, -0.05) is 48.0 Å². The van der Waals surface area contributed by atoms with Crippen molar-refractivity contribution in [3.8, 4) is 5.75 Å². The molecule has 3 nitrogen and oxygen atoms in total. The van der Waals surface area contributed by atoms with Gasteiger partial charge in [-0.2, -0.15) is 8.78 Å². The summed E-state index contributed by atoms with van der Waals surface area (Å²) in [6.07, 6.45) is 2.14. The first kappa shape index (κ1) is 20.6. The van der Waals surface area contributed by atoms with E-state index in [1.807, 2.05) is 31.2 Å². The summed E-state index contributed by atoms with van der Waals surface area (Å²) in [5.74, 6) is 0.244. The summed E-state index contributed by atoms with van der Waals surface area (Å²) in [6, 6.07) is 16.1. The minimum absolute atomic E-state index is 0. The predicted octanol–water partition coefficient (Wildman–Crippen LogP) is 4.60. The quantitative estimate of drug-likeness (QED) is 0.766. The van der Waals surface area contributed by atoms with Crippen LogP contribution in [0.2, 0.25) is 0 Å². The second-order valence-electron chi connectivity index (χ2n) is 6.46. The zero-order chi connectivity index (χ0) is 17.6. The van der Waals surface area contributed by atoms with Gasteiger partial charge in [0.2, 0.25) is 0 Å². The van der Waals surface area contributed by atoms with Gasteiger partial charge in [-0.05, 0) is 37.9 Å². The number of ether oxygens (including phenoxy) is 1. The van der Waals surface area contributed by atoms with Crippen LogP contribution in [0.4, 0.5) is 8.78 Å². The highest BCUT2D eigenvalue weighted by molar-refractivity contribution is 5.85. The highest BCUT2D eigenvalue weighted by Gasteiger charge is 2.25. The highest BCUT2D eigenvalue weighted by Crippen LogP contribution is 2.26. The smallest absolute Gasteiger partial charge is 0.387 e. The third-order valence-corrected chi connectivity index (χ3v) is 4.60. The van der Waals surface area contributed by atoms with E-state index in [4.69, 9.17) is 0 Å². The summed E-state index contributed by atoms with van der Waals surface area (Å²) in [6.45, 7) is 0.626. The van der Waals surface area contributed by atoms with E-state index in [2.05, 4.69) is 27.5 Å². The fourth-order valence-corrected chi connectivity index (χ4v) is 3.42. The first-order valence-electron chi connectivity index (χ1n) is 8.69. The first-order valence-corrected chi connectivity index (χ1v) is 8.69. The number of halogens is 3. The van der Waals surface area contributed by atoms with E-state index in [1.165, 1.54) is 5.56 Å². The van der Waals surface area contributed by atoms with E-state index in [-0.39, 0.29) is 30.2 Å². The summed E-state index contributed by atoms with van der Waals surface area (Å²) in [5, 5.41) is 7.11. The molecule has 0 spiro atoms. The lowest BCUT2D eigenvalue weighted by molar-refractivity contribution is -0.0505. The van der Waals surface area contributed by atoms with Gasteiger partial charge in [-0.15, -0.1) is 12.4 Å². The number of hydrogen-bond acceptors (Lipinski definition) is 3. The molecule has 2 N–H and O–H groups in total. The van der Waals surface area contributed by atoms with E-state index >= 15 is 0 Å². The van der Waals surface area contributed by atoms with E-state index in [1.54, 1.807) is 12.1 Å². The number of hydrogen-bond donors (Lipinski definition) is 2. The van der Waals surface area contributed by atoms with Crippen LogP contribution in [0.5, 0.6) is 5.75 Å². The highest BCUT2D eigenvalue weighted by atomic mass is 35.5. The van der Waals surface area contributed by atoms with Crippen molar-refractivity contribution < 1.29 is 13.5 Å². The normalized spacial score (nSPS) is 19.8. The summed E-state index contributed by atoms with van der Waals surface area (Å²) in [4.78, 5) is 0. The van der Waals surface area contributed by atoms with Crippen LogP contribution in [-0.2, 0) is 6.54 Å². The predicted molar refractivity (Wildman–Crippen MR) is 102 cm³/mol. The Bertz CT molecular complexity index is 685. The summed E-state index contributed by atoms with van der Waals surface area (Å²) in [5.41, 5.74) is 3.03. The third kappa shape index (κ3) is 5.40. The molecule has 2 atom stereocenters. The second-order valence-corrected chi connectivity index (χ2v) is 6.46. The number of benzene rings is 2. The lowest BCUT2D eigenvalue weighted by atomic mass is 9.92. The van der Waals surface area contributed by atoms with Crippen LogP contribution in [0.15, 0.2) is 48.5 Å². The molecule has 0 aromatic heterocycles. The summed E-state index contributed by atoms with van der Waals surface area (Å²) in [7, 11) is 0. The van der Waals surface area contributed by atoms with Gasteiger partial charge in [0, 0.05) is 24.2 Å². The Morgan fingerprint density at radius 3 is 2.69 bits per heavy atom. The molecule has 0 radical (unpaired) electrons. The molecule has 142 valence electrons. The molecule has 1 heterocycles. The van der Waals surface area contributed by atoms with Crippen molar-refractivity contribution in [2.75, 3.05) is 6.54 Å². The minimum Gasteiger partial charge on any atom is -0.434 e. The largest absolute Gasteiger partial charge is 0.434 e. The molecule has 3 rings (SSSR count). The van der Waals surface area contributed by atoms with Crippen molar-refractivity contribution in [1.29, 1.82) is 0 Å². The van der Waals surface area contributed by atoms with Gasteiger partial charge < -0.3 is 15.4 Å². The topological polar surface area (TPSA) is 33.3 Å². The fraction of sp³-hybridized carbons (Fsp3) is 0.400. The Labute approximate surface area is 159 Å². The monoisotopic (exact) mass is 382 g/mol. The van der Waals surface area contributed by atoms with Gasteiger partial charge in [-0.3, -0.25) is 0 Å². The molecule has 0 aliphatic carbocycles. The van der Waals surface area contributed by atoms with Gasteiger partial charge in [0.25, 0.3) is 0 Å². The zero-order valence-electron chi connectivity index (χ0n) is 14.8. The van der Waals surface area contributed by atoms with Crippen molar-refractivity contribution in [2.24, 2.45) is 0 Å². The average Bonchev–Trinajstić information content (AvgIpc) is 2.62. The van der Waals surface area contributed by atoms with Crippen molar-refractivity contribution in [3.63, 3.8) is 0 Å². The molecule has 0 amide bonds. The molecule has 1 aliphatic rings. The van der Waals surface area contributed by atoms with Gasteiger partial charge in [0.1, 0.15) is 5.75 Å². The average molecular weight is 383 g/mol. The SMILES string of the molecule is Cc1ccc(OC(F)F)c(CN[C@H]2CCCN[C@H]2c2ccccc2)c1.Cl. The Kier molecular flexibility index (Phi) is 7.82. The van der Waals surface area contributed by atoms with E-state index < -0.39 is 6.61 Å². The molecule has 0 bridgehead atoms. The number of piperidine rings is 1. The van der Waals surface area contributed by atoms with Crippen molar-refractivity contribution in [3.05, 3.63) is 65.2 Å². The van der Waals surface area contributed by atoms with Crippen LogP contribution in [0.1, 0.15) is 35.6 Å². The van der Waals surface area contributed by atoms with Gasteiger partial charge in [0.15, 0.2) is 0 Å². The molecule has 1 saturated heterocycles. The molecule has 2 aromatic carbocycles. The molecular weight excluding hydrogens is 358 g/mol. The first-order chi connectivity index (χ1) is 12.1. The molecule has 26 heavy (non-hydrogen) atoms. The number of aryl methyl sites for hydroxylation is 1. The van der Waals surface area contributed by atoms with Crippen LogP contribution in [0.25, 0.3) is 0 Å². The minimum atomic E-state index is -2.81. The van der Waals surface area contributed by atoms with Crippen LogP contribution in [0.3, 0.4) is 0 Å². The van der Waals surface area contributed by atoms with Crippen molar-refractivity contribution >= 4 is 12.4 Å². The van der Waals surface area contributed by atoms with Crippen LogP contribution >= 0.6 is 12.4 Å². The Morgan fingerprint density at radius 1 is 1.19 bits per heavy atom. The molecule has 1 aliphatic heterocycles. The second kappa shape index (κ2) is 9.86. The van der Waals surface area contributed by atoms with E-state index in [0.29, 0.717) is 6.54 Å². The van der Waals surface area contributed by atoms with Gasteiger partial charge in [-0.25, -0.2) is 0 Å². The van der Waals surface area contributed by atoms with Crippen molar-refractivity contribution in [1.82, 2.24) is 10.6 Å². The summed E-state index contributed by atoms with van der Waals surface area (Å²) < 4.78 is 29.9. The Balaban J connectivity index is 0.00000243. The van der Waals surface area contributed by atoms with Crippen molar-refractivity contribution in [2.45, 2.75) is 45.0 Å². The maximum absolute atomic E-state index is 12.6. The Morgan fingerprint density at radius 2 is 1.96 bits per heavy atom. The summed E-state index contributed by atoms with van der Waals surface area (Å²) >= 11 is 0. The van der Waals surface area contributed by atoms with E-state index in [0.717, 1.165) is 30.5 Å².